The number of esters is 1. The van der Waals surface area contributed by atoms with Crippen LogP contribution < -0.4 is 0 Å². The van der Waals surface area contributed by atoms with Gasteiger partial charge in [0.25, 0.3) is 0 Å². The fourth-order valence-electron chi connectivity index (χ4n) is 3.52. The summed E-state index contributed by atoms with van der Waals surface area (Å²) in [5, 5.41) is 17.5. The van der Waals surface area contributed by atoms with E-state index in [1.54, 1.807) is 10.9 Å². The van der Waals surface area contributed by atoms with E-state index in [0.717, 1.165) is 42.2 Å². The topological polar surface area (TPSA) is 80.5 Å². The molecule has 3 heterocycles. The molecule has 148 valence electrons. The van der Waals surface area contributed by atoms with Crippen molar-refractivity contribution in [3.63, 3.8) is 0 Å². The second-order valence-corrected chi connectivity index (χ2v) is 8.36. The van der Waals surface area contributed by atoms with Gasteiger partial charge in [-0.25, -0.2) is 4.98 Å². The summed E-state index contributed by atoms with van der Waals surface area (Å²) in [6.45, 7) is 5.45. The molecule has 2 unspecified atom stereocenters. The number of likely N-dealkylation sites (tertiary alicyclic amines) is 1. The van der Waals surface area contributed by atoms with Gasteiger partial charge in [0.2, 0.25) is 0 Å². The number of nitrogens with zero attached hydrogens (tertiary/aromatic N) is 4. The third-order valence-corrected chi connectivity index (χ3v) is 5.63. The monoisotopic (exact) mass is 392 g/mol. The second kappa shape index (κ2) is 8.95. The van der Waals surface area contributed by atoms with Crippen LogP contribution in [-0.4, -0.2) is 49.4 Å². The van der Waals surface area contributed by atoms with Crippen molar-refractivity contribution in [1.82, 2.24) is 19.7 Å². The van der Waals surface area contributed by atoms with Crippen molar-refractivity contribution in [3.05, 3.63) is 34.0 Å². The van der Waals surface area contributed by atoms with Gasteiger partial charge >= 0.3 is 5.97 Å². The molecular weight excluding hydrogens is 364 g/mol. The minimum atomic E-state index is -0.499. The molecule has 1 aliphatic rings. The number of carbonyl (C=O) groups is 1. The summed E-state index contributed by atoms with van der Waals surface area (Å²) in [7, 11) is 1.86. The van der Waals surface area contributed by atoms with Crippen LogP contribution in [0, 0.1) is 0 Å². The Bertz CT molecular complexity index is 758. The molecule has 0 bridgehead atoms. The minimum Gasteiger partial charge on any atom is -0.463 e. The predicted molar refractivity (Wildman–Crippen MR) is 103 cm³/mol. The highest BCUT2D eigenvalue weighted by atomic mass is 32.1. The Morgan fingerprint density at radius 1 is 1.48 bits per heavy atom. The highest BCUT2D eigenvalue weighted by Crippen LogP contribution is 2.28. The molecule has 0 aliphatic carbocycles. The van der Waals surface area contributed by atoms with E-state index < -0.39 is 6.10 Å². The summed E-state index contributed by atoms with van der Waals surface area (Å²) < 4.78 is 6.90. The van der Waals surface area contributed by atoms with E-state index in [4.69, 9.17) is 4.74 Å². The highest BCUT2D eigenvalue weighted by Gasteiger charge is 2.28. The van der Waals surface area contributed by atoms with E-state index in [1.807, 2.05) is 32.5 Å². The van der Waals surface area contributed by atoms with Gasteiger partial charge < -0.3 is 9.84 Å². The lowest BCUT2D eigenvalue weighted by Crippen LogP contribution is -2.30. The zero-order valence-electron chi connectivity index (χ0n) is 16.2. The molecule has 1 saturated heterocycles. The number of hydrogen-bond acceptors (Lipinski definition) is 7. The van der Waals surface area contributed by atoms with Crippen molar-refractivity contribution in [1.29, 1.82) is 0 Å². The average molecular weight is 393 g/mol. The third kappa shape index (κ3) is 5.60. The van der Waals surface area contributed by atoms with Crippen LogP contribution in [0.15, 0.2) is 17.8 Å². The number of hydrogen-bond donors (Lipinski definition) is 1. The summed E-state index contributed by atoms with van der Waals surface area (Å²) in [4.78, 5) is 18.8. The SMILES string of the molecule is CC(C)OC(=O)Cc1nc(CN2CCCC2CC(O)c2cnn(C)c2)cs1. The van der Waals surface area contributed by atoms with E-state index in [9.17, 15) is 9.90 Å². The van der Waals surface area contributed by atoms with Crippen LogP contribution in [0.4, 0.5) is 0 Å². The fourth-order valence-corrected chi connectivity index (χ4v) is 4.29. The highest BCUT2D eigenvalue weighted by molar-refractivity contribution is 7.09. The molecular formula is C19H28N4O3S. The first-order valence-electron chi connectivity index (χ1n) is 9.44. The van der Waals surface area contributed by atoms with Crippen LogP contribution in [0.1, 0.15) is 55.5 Å². The second-order valence-electron chi connectivity index (χ2n) is 7.41. The molecule has 3 rings (SSSR count). The first-order valence-corrected chi connectivity index (χ1v) is 10.3. The number of carbonyl (C=O) groups excluding carboxylic acids is 1. The maximum Gasteiger partial charge on any atom is 0.312 e. The lowest BCUT2D eigenvalue weighted by molar-refractivity contribution is -0.146. The lowest BCUT2D eigenvalue weighted by Gasteiger charge is -2.25. The van der Waals surface area contributed by atoms with Gasteiger partial charge in [0.05, 0.1) is 30.5 Å². The summed E-state index contributed by atoms with van der Waals surface area (Å²) in [6.07, 6.45) is 6.13. The van der Waals surface area contributed by atoms with Gasteiger partial charge in [-0.05, 0) is 39.7 Å². The van der Waals surface area contributed by atoms with Crippen LogP contribution in [0.2, 0.25) is 0 Å². The molecule has 0 aromatic carbocycles. The summed E-state index contributed by atoms with van der Waals surface area (Å²) in [5.74, 6) is -0.232. The molecule has 8 heteroatoms. The Kier molecular flexibility index (Phi) is 6.62. The van der Waals surface area contributed by atoms with E-state index in [-0.39, 0.29) is 18.5 Å². The standard InChI is InChI=1S/C19H28N4O3S/c1-13(2)26-19(25)8-18-21-15(12-27-18)11-23-6-4-5-16(23)7-17(24)14-9-20-22(3)10-14/h9-10,12-13,16-17,24H,4-8,11H2,1-3H3. The Labute approximate surface area is 164 Å². The molecule has 7 nitrogen and oxygen atoms in total. The Morgan fingerprint density at radius 3 is 3.00 bits per heavy atom. The van der Waals surface area contributed by atoms with Gasteiger partial charge in [-0.2, -0.15) is 5.10 Å². The summed E-state index contributed by atoms with van der Waals surface area (Å²) in [5.41, 5.74) is 1.85. The minimum absolute atomic E-state index is 0.103. The van der Waals surface area contributed by atoms with Gasteiger partial charge in [-0.1, -0.05) is 0 Å². The van der Waals surface area contributed by atoms with Crippen molar-refractivity contribution >= 4 is 17.3 Å². The zero-order chi connectivity index (χ0) is 19.4. The van der Waals surface area contributed by atoms with E-state index in [0.29, 0.717) is 12.5 Å². The number of ether oxygens (including phenoxy) is 1. The molecule has 1 fully saturated rings. The van der Waals surface area contributed by atoms with Gasteiger partial charge in [0.15, 0.2) is 0 Å². The molecule has 0 spiro atoms. The van der Waals surface area contributed by atoms with Crippen LogP contribution >= 0.6 is 11.3 Å². The molecule has 1 N–H and O–H groups in total. The summed E-state index contributed by atoms with van der Waals surface area (Å²) >= 11 is 1.50. The van der Waals surface area contributed by atoms with Gasteiger partial charge in [-0.3, -0.25) is 14.4 Å². The third-order valence-electron chi connectivity index (χ3n) is 4.73. The van der Waals surface area contributed by atoms with E-state index >= 15 is 0 Å². The van der Waals surface area contributed by atoms with Gasteiger partial charge in [-0.15, -0.1) is 11.3 Å². The quantitative estimate of drug-likeness (QED) is 0.695. The van der Waals surface area contributed by atoms with Crippen molar-refractivity contribution in [2.45, 2.75) is 64.3 Å². The predicted octanol–water partition coefficient (Wildman–Crippen LogP) is 2.46. The first-order chi connectivity index (χ1) is 12.9. The number of aliphatic hydroxyl groups is 1. The molecule has 0 radical (unpaired) electrons. The molecule has 27 heavy (non-hydrogen) atoms. The Balaban J connectivity index is 1.54. The maximum absolute atomic E-state index is 11.8. The fraction of sp³-hybridized carbons (Fsp3) is 0.632. The van der Waals surface area contributed by atoms with Crippen LogP contribution in [0.3, 0.4) is 0 Å². The molecule has 1 aliphatic heterocycles. The normalized spacial score (nSPS) is 18.9. The number of aromatic nitrogens is 3. The summed E-state index contributed by atoms with van der Waals surface area (Å²) in [6, 6.07) is 0.330. The van der Waals surface area contributed by atoms with Crippen molar-refractivity contribution < 1.29 is 14.6 Å². The Hall–Kier alpha value is -1.77. The van der Waals surface area contributed by atoms with E-state index in [2.05, 4.69) is 15.0 Å². The number of aliphatic hydroxyl groups excluding tert-OH is 1. The zero-order valence-corrected chi connectivity index (χ0v) is 17.0. The molecule has 2 aromatic rings. The molecule has 0 saturated carbocycles. The Morgan fingerprint density at radius 2 is 2.30 bits per heavy atom. The van der Waals surface area contributed by atoms with E-state index in [1.165, 1.54) is 11.3 Å². The van der Waals surface area contributed by atoms with Crippen LogP contribution in [0.5, 0.6) is 0 Å². The largest absolute Gasteiger partial charge is 0.463 e. The van der Waals surface area contributed by atoms with Crippen molar-refractivity contribution in [2.75, 3.05) is 6.54 Å². The molecule has 0 amide bonds. The number of thiazole rings is 1. The molecule has 2 atom stereocenters. The number of aryl methyl sites for hydroxylation is 1. The van der Waals surface area contributed by atoms with Crippen LogP contribution in [0.25, 0.3) is 0 Å². The number of rotatable bonds is 8. The molecule has 2 aromatic heterocycles. The lowest BCUT2D eigenvalue weighted by atomic mass is 10.0. The van der Waals surface area contributed by atoms with Crippen molar-refractivity contribution in [3.8, 4) is 0 Å². The maximum atomic E-state index is 11.8. The smallest absolute Gasteiger partial charge is 0.312 e. The van der Waals surface area contributed by atoms with Crippen molar-refractivity contribution in [2.24, 2.45) is 7.05 Å². The van der Waals surface area contributed by atoms with Crippen LogP contribution in [-0.2, 0) is 29.5 Å². The first kappa shape index (κ1) is 20.0. The average Bonchev–Trinajstić information content (AvgIpc) is 3.30. The van der Waals surface area contributed by atoms with Gasteiger partial charge in [0, 0.05) is 36.8 Å². The van der Waals surface area contributed by atoms with Gasteiger partial charge in [0.1, 0.15) is 5.01 Å².